The highest BCUT2D eigenvalue weighted by atomic mass is 16.5. The maximum absolute atomic E-state index is 13.9. The summed E-state index contributed by atoms with van der Waals surface area (Å²) in [5.41, 5.74) is 0. The molecule has 0 aromatic heterocycles. The number of rotatable bonds is 51. The van der Waals surface area contributed by atoms with Crippen LogP contribution in [0, 0.1) is 5.92 Å². The van der Waals surface area contributed by atoms with E-state index in [1.807, 2.05) is 0 Å². The van der Waals surface area contributed by atoms with Crippen molar-refractivity contribution < 1.29 is 9.53 Å². The van der Waals surface area contributed by atoms with Gasteiger partial charge < -0.3 is 4.74 Å². The van der Waals surface area contributed by atoms with E-state index in [-0.39, 0.29) is 18.0 Å². The van der Waals surface area contributed by atoms with Crippen LogP contribution in [0.2, 0.25) is 0 Å². The van der Waals surface area contributed by atoms with Crippen LogP contribution in [0.5, 0.6) is 0 Å². The molecule has 0 aromatic rings. The Morgan fingerprint density at radius 1 is 0.259 bits per heavy atom. The zero-order chi connectivity index (χ0) is 42.1. The van der Waals surface area contributed by atoms with Gasteiger partial charge in [0, 0.05) is 0 Å². The van der Waals surface area contributed by atoms with Crippen LogP contribution in [0.1, 0.15) is 342 Å². The van der Waals surface area contributed by atoms with E-state index in [9.17, 15) is 4.79 Å². The van der Waals surface area contributed by atoms with Crippen LogP contribution in [-0.4, -0.2) is 12.1 Å². The van der Waals surface area contributed by atoms with Gasteiger partial charge in [-0.25, -0.2) is 0 Å². The van der Waals surface area contributed by atoms with Gasteiger partial charge in [-0.2, -0.15) is 0 Å². The molecule has 348 valence electrons. The van der Waals surface area contributed by atoms with Gasteiger partial charge in [0.1, 0.15) is 6.10 Å². The lowest BCUT2D eigenvalue weighted by atomic mass is 9.93. The van der Waals surface area contributed by atoms with E-state index in [1.165, 1.54) is 289 Å². The Morgan fingerprint density at radius 2 is 0.431 bits per heavy atom. The molecule has 0 aliphatic rings. The first kappa shape index (κ1) is 57.5. The van der Waals surface area contributed by atoms with Crippen LogP contribution in [0.15, 0.2) is 0 Å². The van der Waals surface area contributed by atoms with E-state index < -0.39 is 0 Å². The standard InChI is InChI=1S/C56H112O2/c1-5-9-13-17-21-24-26-28-30-31-33-35-38-40-43-47-51-54(50-46-42-39-37-34-32-29-27-25-22-18-14-10-6-2)56(57)58-55(52-48-44-20-16-12-8-4)53-49-45-41-36-23-19-15-11-7-3/h54-55H,5-53H2,1-4H3. The van der Waals surface area contributed by atoms with Crippen molar-refractivity contribution in [2.75, 3.05) is 0 Å². The van der Waals surface area contributed by atoms with Crippen molar-refractivity contribution in [3.63, 3.8) is 0 Å². The van der Waals surface area contributed by atoms with Crippen molar-refractivity contribution in [1.82, 2.24) is 0 Å². The predicted octanol–water partition coefficient (Wildman–Crippen LogP) is 20.7. The Hall–Kier alpha value is -0.530. The van der Waals surface area contributed by atoms with Crippen molar-refractivity contribution >= 4 is 5.97 Å². The van der Waals surface area contributed by atoms with Gasteiger partial charge in [-0.15, -0.1) is 0 Å². The lowest BCUT2D eigenvalue weighted by Gasteiger charge is -2.22. The molecular formula is C56H112O2. The summed E-state index contributed by atoms with van der Waals surface area (Å²) in [4.78, 5) is 13.9. The monoisotopic (exact) mass is 817 g/mol. The molecule has 0 spiro atoms. The molecule has 2 unspecified atom stereocenters. The number of hydrogen-bond acceptors (Lipinski definition) is 2. The topological polar surface area (TPSA) is 26.3 Å². The summed E-state index contributed by atoms with van der Waals surface area (Å²) >= 11 is 0. The fourth-order valence-electron chi connectivity index (χ4n) is 9.26. The molecule has 0 aliphatic carbocycles. The molecule has 0 N–H and O–H groups in total. The van der Waals surface area contributed by atoms with Crippen molar-refractivity contribution in [3.8, 4) is 0 Å². The van der Waals surface area contributed by atoms with Gasteiger partial charge in [0.15, 0.2) is 0 Å². The zero-order valence-corrected chi connectivity index (χ0v) is 41.1. The number of carbonyl (C=O) groups is 1. The fraction of sp³-hybridized carbons (Fsp3) is 0.982. The molecule has 0 bridgehead atoms. The molecule has 2 atom stereocenters. The molecule has 0 saturated carbocycles. The minimum Gasteiger partial charge on any atom is -0.462 e. The molecule has 0 amide bonds. The highest BCUT2D eigenvalue weighted by Gasteiger charge is 2.23. The van der Waals surface area contributed by atoms with Gasteiger partial charge >= 0.3 is 5.97 Å². The second-order valence-corrected chi connectivity index (χ2v) is 19.4. The van der Waals surface area contributed by atoms with Gasteiger partial charge in [-0.1, -0.05) is 304 Å². The SMILES string of the molecule is CCCCCCCCCCCCCCCCCCC(CCCCCCCCCCCCCCCC)C(=O)OC(CCCCCCCC)CCCCCCCCCCC. The van der Waals surface area contributed by atoms with E-state index >= 15 is 0 Å². The Kier molecular flexibility index (Phi) is 50.4. The molecule has 0 aromatic carbocycles. The first-order chi connectivity index (χ1) is 28.7. The van der Waals surface area contributed by atoms with Crippen molar-refractivity contribution in [3.05, 3.63) is 0 Å². The summed E-state index contributed by atoms with van der Waals surface area (Å²) < 4.78 is 6.52. The summed E-state index contributed by atoms with van der Waals surface area (Å²) in [5.74, 6) is 0.293. The first-order valence-electron chi connectivity index (χ1n) is 27.9. The lowest BCUT2D eigenvalue weighted by molar-refractivity contribution is -0.155. The van der Waals surface area contributed by atoms with Gasteiger partial charge in [0.05, 0.1) is 5.92 Å². The third kappa shape index (κ3) is 45.0. The van der Waals surface area contributed by atoms with Crippen LogP contribution in [0.3, 0.4) is 0 Å². The Labute approximate surface area is 368 Å². The molecule has 0 saturated heterocycles. The quantitative estimate of drug-likeness (QED) is 0.0452. The minimum atomic E-state index is 0.124. The van der Waals surface area contributed by atoms with Crippen LogP contribution >= 0.6 is 0 Å². The summed E-state index contributed by atoms with van der Waals surface area (Å²) in [6.45, 7) is 9.22. The van der Waals surface area contributed by atoms with Crippen LogP contribution in [-0.2, 0) is 9.53 Å². The second kappa shape index (κ2) is 50.8. The Balaban J connectivity index is 4.70. The van der Waals surface area contributed by atoms with Gasteiger partial charge in [-0.3, -0.25) is 4.79 Å². The van der Waals surface area contributed by atoms with Gasteiger partial charge in [0.25, 0.3) is 0 Å². The molecule has 0 heterocycles. The highest BCUT2D eigenvalue weighted by Crippen LogP contribution is 2.25. The van der Waals surface area contributed by atoms with Crippen molar-refractivity contribution in [2.24, 2.45) is 5.92 Å². The molecule has 2 heteroatoms. The van der Waals surface area contributed by atoms with E-state index in [2.05, 4.69) is 27.7 Å². The smallest absolute Gasteiger partial charge is 0.309 e. The summed E-state index contributed by atoms with van der Waals surface area (Å²) in [6.07, 6.45) is 66.4. The lowest BCUT2D eigenvalue weighted by Crippen LogP contribution is -2.25. The van der Waals surface area contributed by atoms with E-state index in [1.54, 1.807) is 0 Å². The fourth-order valence-corrected chi connectivity index (χ4v) is 9.26. The number of hydrogen-bond donors (Lipinski definition) is 0. The summed E-state index contributed by atoms with van der Waals surface area (Å²) in [7, 11) is 0. The maximum atomic E-state index is 13.9. The molecule has 0 rings (SSSR count). The van der Waals surface area contributed by atoms with Gasteiger partial charge in [-0.05, 0) is 38.5 Å². The molecule has 58 heavy (non-hydrogen) atoms. The summed E-state index contributed by atoms with van der Waals surface area (Å²) in [6, 6.07) is 0. The van der Waals surface area contributed by atoms with Crippen LogP contribution in [0.4, 0.5) is 0 Å². The maximum Gasteiger partial charge on any atom is 0.309 e. The normalized spacial score (nSPS) is 12.7. The average molecular weight is 818 g/mol. The number of ether oxygens (including phenoxy) is 1. The Bertz CT molecular complexity index is 747. The zero-order valence-electron chi connectivity index (χ0n) is 41.1. The minimum absolute atomic E-state index is 0.124. The van der Waals surface area contributed by atoms with E-state index in [0.717, 1.165) is 25.7 Å². The predicted molar refractivity (Wildman–Crippen MR) is 262 cm³/mol. The molecule has 0 fully saturated rings. The van der Waals surface area contributed by atoms with Crippen molar-refractivity contribution in [1.29, 1.82) is 0 Å². The second-order valence-electron chi connectivity index (χ2n) is 19.4. The number of esters is 1. The molecule has 0 radical (unpaired) electrons. The Morgan fingerprint density at radius 3 is 0.638 bits per heavy atom. The summed E-state index contributed by atoms with van der Waals surface area (Å²) in [5, 5.41) is 0. The number of unbranched alkanes of at least 4 members (excludes halogenated alkanes) is 41. The van der Waals surface area contributed by atoms with Crippen molar-refractivity contribution in [2.45, 2.75) is 348 Å². The number of carbonyl (C=O) groups excluding carboxylic acids is 1. The first-order valence-corrected chi connectivity index (χ1v) is 27.9. The van der Waals surface area contributed by atoms with Crippen LogP contribution < -0.4 is 0 Å². The highest BCUT2D eigenvalue weighted by molar-refractivity contribution is 5.72. The van der Waals surface area contributed by atoms with Gasteiger partial charge in [0.2, 0.25) is 0 Å². The van der Waals surface area contributed by atoms with E-state index in [4.69, 9.17) is 4.74 Å². The molecular weight excluding hydrogens is 705 g/mol. The van der Waals surface area contributed by atoms with Crippen LogP contribution in [0.25, 0.3) is 0 Å². The average Bonchev–Trinajstić information content (AvgIpc) is 3.23. The van der Waals surface area contributed by atoms with E-state index in [0.29, 0.717) is 0 Å². The third-order valence-corrected chi connectivity index (χ3v) is 13.4. The largest absolute Gasteiger partial charge is 0.462 e. The molecule has 0 aliphatic heterocycles. The third-order valence-electron chi connectivity index (χ3n) is 13.4. The molecule has 2 nitrogen and oxygen atoms in total.